The molecule has 0 saturated heterocycles. The summed E-state index contributed by atoms with van der Waals surface area (Å²) in [4.78, 5) is 16.1. The molecule has 0 spiro atoms. The minimum absolute atomic E-state index is 0.320. The number of hydrogen-bond donors (Lipinski definition) is 0. The van der Waals surface area contributed by atoms with Crippen molar-refractivity contribution in [3.8, 4) is 11.5 Å². The number of nitrogens with zero attached hydrogens (tertiary/aromatic N) is 1. The smallest absolute Gasteiger partial charge is 0.337 e. The van der Waals surface area contributed by atoms with E-state index in [9.17, 15) is 4.79 Å². The molecule has 0 fully saturated rings. The second-order valence-corrected chi connectivity index (χ2v) is 5.12. The second-order valence-electron chi connectivity index (χ2n) is 5.12. The molecule has 1 atom stereocenters. The van der Waals surface area contributed by atoms with E-state index in [1.54, 1.807) is 21.1 Å². The Balaban J connectivity index is 2.10. The fourth-order valence-corrected chi connectivity index (χ4v) is 2.70. The summed E-state index contributed by atoms with van der Waals surface area (Å²) in [6, 6.07) is 9.21. The van der Waals surface area contributed by atoms with Gasteiger partial charge in [0.25, 0.3) is 0 Å². The lowest BCUT2D eigenvalue weighted by Crippen LogP contribution is -2.18. The molecule has 1 aliphatic rings. The largest absolute Gasteiger partial charge is 0.497 e. The Bertz CT molecular complexity index is 761. The van der Waals surface area contributed by atoms with Crippen LogP contribution < -0.4 is 9.47 Å². The number of aliphatic imine (C=N–C) groups is 1. The quantitative estimate of drug-likeness (QED) is 0.815. The summed E-state index contributed by atoms with van der Waals surface area (Å²) in [5, 5.41) is 2.05. The third-order valence-electron chi connectivity index (χ3n) is 3.77. The lowest BCUT2D eigenvalue weighted by molar-refractivity contribution is -0.134. The molecule has 0 N–H and O–H groups in total. The van der Waals surface area contributed by atoms with Crippen molar-refractivity contribution in [3.63, 3.8) is 0 Å². The van der Waals surface area contributed by atoms with Crippen LogP contribution in [0.15, 0.2) is 35.3 Å². The molecule has 2 aromatic rings. The molecule has 5 nitrogen and oxygen atoms in total. The van der Waals surface area contributed by atoms with Crippen molar-refractivity contribution < 1.29 is 19.0 Å². The number of hydrogen-bond acceptors (Lipinski definition) is 5. The van der Waals surface area contributed by atoms with Crippen LogP contribution in [0, 0.1) is 0 Å². The van der Waals surface area contributed by atoms with E-state index in [2.05, 4.69) is 4.99 Å². The van der Waals surface area contributed by atoms with Crippen LogP contribution in [0.25, 0.3) is 10.8 Å². The lowest BCUT2D eigenvalue weighted by atomic mass is 9.97. The number of cyclic esters (lactones) is 1. The summed E-state index contributed by atoms with van der Waals surface area (Å²) in [7, 11) is 3.25. The number of rotatable bonds is 4. The van der Waals surface area contributed by atoms with Crippen molar-refractivity contribution in [2.45, 2.75) is 19.4 Å². The van der Waals surface area contributed by atoms with Gasteiger partial charge in [0.15, 0.2) is 11.9 Å². The molecule has 0 aliphatic carbocycles. The summed E-state index contributed by atoms with van der Waals surface area (Å²) in [5.74, 6) is 1.58. The van der Waals surface area contributed by atoms with E-state index in [-0.39, 0.29) is 5.97 Å². The van der Waals surface area contributed by atoms with E-state index in [1.165, 1.54) is 0 Å². The summed E-state index contributed by atoms with van der Waals surface area (Å²) in [6.07, 6.45) is 0.434. The third kappa shape index (κ3) is 2.50. The molecular formula is C17H17NO4. The Hall–Kier alpha value is -2.56. The standard InChI is InChI=1S/C17H17NO4/c1-10-18-15(17(19)22-10)9-14-13-8-12(20-2)6-4-11(13)5-7-16(14)21-3/h4-8,15H,9H2,1-3H3. The molecule has 0 aromatic heterocycles. The van der Waals surface area contributed by atoms with Crippen molar-refractivity contribution >= 4 is 22.6 Å². The van der Waals surface area contributed by atoms with Crippen LogP contribution >= 0.6 is 0 Å². The first-order chi connectivity index (χ1) is 10.6. The zero-order valence-electron chi connectivity index (χ0n) is 12.8. The van der Waals surface area contributed by atoms with Crippen LogP contribution in [0.1, 0.15) is 12.5 Å². The fraction of sp³-hybridized carbons (Fsp3) is 0.294. The Morgan fingerprint density at radius 2 is 1.95 bits per heavy atom. The fourth-order valence-electron chi connectivity index (χ4n) is 2.70. The molecule has 114 valence electrons. The number of carbonyl (C=O) groups excluding carboxylic acids is 1. The zero-order valence-corrected chi connectivity index (χ0v) is 12.8. The number of methoxy groups -OCH3 is 2. The van der Waals surface area contributed by atoms with Crippen LogP contribution in [-0.4, -0.2) is 32.1 Å². The highest BCUT2D eigenvalue weighted by Gasteiger charge is 2.28. The van der Waals surface area contributed by atoms with E-state index in [0.717, 1.165) is 27.8 Å². The predicted octanol–water partition coefficient (Wildman–Crippen LogP) is 2.74. The van der Waals surface area contributed by atoms with E-state index in [1.807, 2.05) is 30.3 Å². The molecule has 1 unspecified atom stereocenters. The SMILES string of the molecule is COc1ccc2ccc(OC)c(CC3N=C(C)OC3=O)c2c1. The summed E-state index contributed by atoms with van der Waals surface area (Å²) >= 11 is 0. The van der Waals surface area contributed by atoms with Crippen molar-refractivity contribution in [2.24, 2.45) is 4.99 Å². The van der Waals surface area contributed by atoms with Gasteiger partial charge in [-0.15, -0.1) is 0 Å². The maximum atomic E-state index is 11.8. The predicted molar refractivity (Wildman–Crippen MR) is 83.7 cm³/mol. The Morgan fingerprint density at radius 1 is 1.18 bits per heavy atom. The van der Waals surface area contributed by atoms with Gasteiger partial charge in [-0.1, -0.05) is 12.1 Å². The van der Waals surface area contributed by atoms with Gasteiger partial charge in [-0.2, -0.15) is 0 Å². The Labute approximate surface area is 128 Å². The van der Waals surface area contributed by atoms with Crippen molar-refractivity contribution in [1.82, 2.24) is 0 Å². The molecule has 22 heavy (non-hydrogen) atoms. The van der Waals surface area contributed by atoms with Gasteiger partial charge in [0.1, 0.15) is 11.5 Å². The molecule has 0 radical (unpaired) electrons. The number of esters is 1. The van der Waals surface area contributed by atoms with Crippen LogP contribution in [0.4, 0.5) is 0 Å². The van der Waals surface area contributed by atoms with Gasteiger partial charge in [0, 0.05) is 18.9 Å². The van der Waals surface area contributed by atoms with Crippen LogP contribution in [0.2, 0.25) is 0 Å². The highest BCUT2D eigenvalue weighted by Crippen LogP contribution is 2.32. The molecule has 1 aliphatic heterocycles. The van der Waals surface area contributed by atoms with Crippen molar-refractivity contribution in [3.05, 3.63) is 35.9 Å². The molecule has 5 heteroatoms. The second kappa shape index (κ2) is 5.67. The summed E-state index contributed by atoms with van der Waals surface area (Å²) < 4.78 is 15.8. The number of fused-ring (bicyclic) bond motifs is 1. The van der Waals surface area contributed by atoms with Gasteiger partial charge < -0.3 is 14.2 Å². The first-order valence-corrected chi connectivity index (χ1v) is 7.02. The van der Waals surface area contributed by atoms with Crippen molar-refractivity contribution in [2.75, 3.05) is 14.2 Å². The number of ether oxygens (including phenoxy) is 3. The van der Waals surface area contributed by atoms with Gasteiger partial charge >= 0.3 is 5.97 Å². The molecule has 1 heterocycles. The van der Waals surface area contributed by atoms with Crippen LogP contribution in [0.3, 0.4) is 0 Å². The Morgan fingerprint density at radius 3 is 2.59 bits per heavy atom. The minimum Gasteiger partial charge on any atom is -0.497 e. The van der Waals surface area contributed by atoms with Crippen LogP contribution in [0.5, 0.6) is 11.5 Å². The van der Waals surface area contributed by atoms with E-state index in [0.29, 0.717) is 12.3 Å². The molecular weight excluding hydrogens is 282 g/mol. The average molecular weight is 299 g/mol. The average Bonchev–Trinajstić information content (AvgIpc) is 2.84. The summed E-state index contributed by atoms with van der Waals surface area (Å²) in [6.45, 7) is 1.68. The van der Waals surface area contributed by atoms with Crippen molar-refractivity contribution in [1.29, 1.82) is 0 Å². The topological polar surface area (TPSA) is 57.1 Å². The normalized spacial score (nSPS) is 17.3. The molecule has 0 saturated carbocycles. The van der Waals surface area contributed by atoms with Gasteiger partial charge in [0.05, 0.1) is 14.2 Å². The lowest BCUT2D eigenvalue weighted by Gasteiger charge is -2.14. The van der Waals surface area contributed by atoms with Crippen LogP contribution in [-0.2, 0) is 16.0 Å². The van der Waals surface area contributed by atoms with Gasteiger partial charge in [-0.05, 0) is 29.0 Å². The van der Waals surface area contributed by atoms with E-state index in [4.69, 9.17) is 14.2 Å². The van der Waals surface area contributed by atoms with Gasteiger partial charge in [0.2, 0.25) is 0 Å². The Kier molecular flexibility index (Phi) is 3.71. The summed E-state index contributed by atoms with van der Waals surface area (Å²) in [5.41, 5.74) is 0.930. The molecule has 3 rings (SSSR count). The first kappa shape index (κ1) is 14.4. The monoisotopic (exact) mass is 299 g/mol. The highest BCUT2D eigenvalue weighted by atomic mass is 16.6. The number of benzene rings is 2. The zero-order chi connectivity index (χ0) is 15.7. The maximum Gasteiger partial charge on any atom is 0.337 e. The third-order valence-corrected chi connectivity index (χ3v) is 3.77. The molecule has 2 aromatic carbocycles. The van der Waals surface area contributed by atoms with E-state index < -0.39 is 6.04 Å². The van der Waals surface area contributed by atoms with Gasteiger partial charge in [-0.25, -0.2) is 9.79 Å². The van der Waals surface area contributed by atoms with Gasteiger partial charge in [-0.3, -0.25) is 0 Å². The minimum atomic E-state index is -0.522. The first-order valence-electron chi connectivity index (χ1n) is 7.02. The molecule has 0 bridgehead atoms. The van der Waals surface area contributed by atoms with E-state index >= 15 is 0 Å². The highest BCUT2D eigenvalue weighted by molar-refractivity contribution is 5.97. The maximum absolute atomic E-state index is 11.8. The number of carbonyl (C=O) groups is 1. The molecule has 0 amide bonds.